The second kappa shape index (κ2) is 6.20. The molecule has 18 heavy (non-hydrogen) atoms. The number of benzene rings is 1. The Morgan fingerprint density at radius 1 is 1.11 bits per heavy atom. The van der Waals surface area contributed by atoms with Gasteiger partial charge in [-0.05, 0) is 30.9 Å². The molecule has 0 saturated carbocycles. The fourth-order valence-electron chi connectivity index (χ4n) is 1.95. The monoisotopic (exact) mass is 236 g/mol. The summed E-state index contributed by atoms with van der Waals surface area (Å²) in [4.78, 5) is 0. The highest BCUT2D eigenvalue weighted by atomic mass is 14.0. The highest BCUT2D eigenvalue weighted by molar-refractivity contribution is 5.52. The van der Waals surface area contributed by atoms with Gasteiger partial charge in [-0.3, -0.25) is 0 Å². The van der Waals surface area contributed by atoms with Gasteiger partial charge in [0.2, 0.25) is 0 Å². The number of allylic oxidation sites excluding steroid dienone is 7. The second-order valence-electron chi connectivity index (χ2n) is 4.68. The number of hydrogen-bond donors (Lipinski definition) is 0. The molecule has 0 spiro atoms. The fourth-order valence-corrected chi connectivity index (χ4v) is 1.95. The van der Waals surface area contributed by atoms with Crippen molar-refractivity contribution in [3.05, 3.63) is 76.9 Å². The quantitative estimate of drug-likeness (QED) is 0.674. The lowest BCUT2D eigenvalue weighted by Gasteiger charge is -2.06. The van der Waals surface area contributed by atoms with E-state index in [1.165, 1.54) is 22.3 Å². The maximum absolute atomic E-state index is 2.31. The van der Waals surface area contributed by atoms with Crippen LogP contribution < -0.4 is 0 Å². The molecule has 0 unspecified atom stereocenters. The van der Waals surface area contributed by atoms with Gasteiger partial charge in [0.1, 0.15) is 0 Å². The van der Waals surface area contributed by atoms with Crippen molar-refractivity contribution < 1.29 is 0 Å². The summed E-state index contributed by atoms with van der Waals surface area (Å²) in [6.07, 6.45) is 15.4. The van der Waals surface area contributed by atoms with Crippen molar-refractivity contribution in [1.29, 1.82) is 0 Å². The first-order valence-corrected chi connectivity index (χ1v) is 6.59. The summed E-state index contributed by atoms with van der Waals surface area (Å²) < 4.78 is 0. The first-order chi connectivity index (χ1) is 8.78. The third-order valence-electron chi connectivity index (χ3n) is 3.20. The van der Waals surface area contributed by atoms with Crippen LogP contribution in [0.25, 0.3) is 6.08 Å². The van der Waals surface area contributed by atoms with E-state index in [0.29, 0.717) is 0 Å². The molecule has 0 N–H and O–H groups in total. The first kappa shape index (κ1) is 12.6. The van der Waals surface area contributed by atoms with Crippen molar-refractivity contribution in [2.24, 2.45) is 0 Å². The molecule has 0 saturated heterocycles. The predicted octanol–water partition coefficient (Wildman–Crippen LogP) is 5.23. The van der Waals surface area contributed by atoms with Gasteiger partial charge in [0.15, 0.2) is 0 Å². The molecular weight excluding hydrogens is 216 g/mol. The van der Waals surface area contributed by atoms with E-state index >= 15 is 0 Å². The molecule has 0 nitrogen and oxygen atoms in total. The second-order valence-corrected chi connectivity index (χ2v) is 4.68. The Morgan fingerprint density at radius 3 is 2.50 bits per heavy atom. The Labute approximate surface area is 110 Å². The molecule has 0 atom stereocenters. The van der Waals surface area contributed by atoms with Crippen LogP contribution in [0.2, 0.25) is 0 Å². The molecule has 1 aliphatic carbocycles. The van der Waals surface area contributed by atoms with E-state index in [-0.39, 0.29) is 0 Å². The van der Waals surface area contributed by atoms with E-state index in [4.69, 9.17) is 0 Å². The van der Waals surface area contributed by atoms with Crippen molar-refractivity contribution in [3.8, 4) is 0 Å². The number of hydrogen-bond acceptors (Lipinski definition) is 0. The fraction of sp³-hybridized carbons (Fsp3) is 0.222. The van der Waals surface area contributed by atoms with Gasteiger partial charge in [-0.1, -0.05) is 78.8 Å². The zero-order valence-corrected chi connectivity index (χ0v) is 11.2. The number of aryl methyl sites for hydroxylation is 1. The van der Waals surface area contributed by atoms with E-state index in [1.807, 2.05) is 0 Å². The minimum Gasteiger partial charge on any atom is -0.0769 e. The Balaban J connectivity index is 1.98. The molecule has 1 aromatic carbocycles. The first-order valence-electron chi connectivity index (χ1n) is 6.59. The van der Waals surface area contributed by atoms with Crippen LogP contribution in [0, 0.1) is 6.92 Å². The van der Waals surface area contributed by atoms with Gasteiger partial charge in [-0.15, -0.1) is 0 Å². The van der Waals surface area contributed by atoms with E-state index in [9.17, 15) is 0 Å². The van der Waals surface area contributed by atoms with Gasteiger partial charge in [0, 0.05) is 0 Å². The summed E-state index contributed by atoms with van der Waals surface area (Å²) in [5.41, 5.74) is 5.37. The van der Waals surface area contributed by atoms with E-state index < -0.39 is 0 Å². The summed E-state index contributed by atoms with van der Waals surface area (Å²) in [6, 6.07) is 8.58. The van der Waals surface area contributed by atoms with Crippen molar-refractivity contribution in [3.63, 3.8) is 0 Å². The van der Waals surface area contributed by atoms with Crippen LogP contribution in [0.15, 0.2) is 65.8 Å². The molecule has 0 bridgehead atoms. The molecule has 0 amide bonds. The summed E-state index contributed by atoms with van der Waals surface area (Å²) >= 11 is 0. The molecular formula is C18H20. The zero-order chi connectivity index (χ0) is 12.8. The average molecular weight is 236 g/mol. The third-order valence-corrected chi connectivity index (χ3v) is 3.20. The van der Waals surface area contributed by atoms with Crippen LogP contribution >= 0.6 is 0 Å². The van der Waals surface area contributed by atoms with Crippen LogP contribution in [0.1, 0.15) is 30.9 Å². The van der Waals surface area contributed by atoms with Gasteiger partial charge >= 0.3 is 0 Å². The number of rotatable bonds is 3. The molecule has 0 fully saturated rings. The Bertz CT molecular complexity index is 507. The normalized spacial score (nSPS) is 17.4. The predicted molar refractivity (Wildman–Crippen MR) is 80.4 cm³/mol. The minimum absolute atomic E-state index is 1.05. The standard InChI is InChI=1S/C18H20/c1-3-16-11-13-18(14-12-16)6-4-5-17-9-7-15(2)8-10-17/h4-13H,3,14H2,1-2H3/b5-4-,18-6-. The lowest BCUT2D eigenvalue weighted by atomic mass is 10.0. The van der Waals surface area contributed by atoms with Gasteiger partial charge in [0.25, 0.3) is 0 Å². The summed E-state index contributed by atoms with van der Waals surface area (Å²) in [5.74, 6) is 0. The van der Waals surface area contributed by atoms with Gasteiger partial charge in [0.05, 0.1) is 0 Å². The Morgan fingerprint density at radius 2 is 1.89 bits per heavy atom. The van der Waals surface area contributed by atoms with Crippen molar-refractivity contribution in [1.82, 2.24) is 0 Å². The Hall–Kier alpha value is -1.82. The largest absolute Gasteiger partial charge is 0.0769 e. The van der Waals surface area contributed by atoms with Crippen LogP contribution in [0.4, 0.5) is 0 Å². The van der Waals surface area contributed by atoms with Crippen LogP contribution in [-0.4, -0.2) is 0 Å². The van der Waals surface area contributed by atoms with Gasteiger partial charge in [-0.2, -0.15) is 0 Å². The van der Waals surface area contributed by atoms with E-state index in [2.05, 4.69) is 74.6 Å². The maximum Gasteiger partial charge on any atom is -0.00916 e. The van der Waals surface area contributed by atoms with Crippen molar-refractivity contribution in [2.45, 2.75) is 26.7 Å². The Kier molecular flexibility index (Phi) is 4.35. The maximum atomic E-state index is 2.31. The highest BCUT2D eigenvalue weighted by Gasteiger charge is 1.97. The molecule has 1 aromatic rings. The summed E-state index contributed by atoms with van der Waals surface area (Å²) in [5, 5.41) is 0. The molecule has 92 valence electrons. The van der Waals surface area contributed by atoms with Crippen LogP contribution in [0.3, 0.4) is 0 Å². The molecule has 0 heterocycles. The molecule has 0 aliphatic heterocycles. The van der Waals surface area contributed by atoms with Gasteiger partial charge in [-0.25, -0.2) is 0 Å². The highest BCUT2D eigenvalue weighted by Crippen LogP contribution is 2.17. The van der Waals surface area contributed by atoms with Crippen molar-refractivity contribution >= 4 is 6.08 Å². The third kappa shape index (κ3) is 3.59. The lowest BCUT2D eigenvalue weighted by Crippen LogP contribution is -1.86. The smallest absolute Gasteiger partial charge is 0.00916 e. The topological polar surface area (TPSA) is 0 Å². The SMILES string of the molecule is CCC1=CC/C(=C\C=C/c2ccc(C)cc2)C=C1. The van der Waals surface area contributed by atoms with E-state index in [1.54, 1.807) is 0 Å². The molecule has 0 aromatic heterocycles. The lowest BCUT2D eigenvalue weighted by molar-refractivity contribution is 1.09. The molecule has 2 rings (SSSR count). The molecule has 1 aliphatic rings. The van der Waals surface area contributed by atoms with Gasteiger partial charge < -0.3 is 0 Å². The summed E-state index contributed by atoms with van der Waals surface area (Å²) in [7, 11) is 0. The average Bonchev–Trinajstić information content (AvgIpc) is 2.42. The minimum atomic E-state index is 1.05. The molecule has 0 radical (unpaired) electrons. The summed E-state index contributed by atoms with van der Waals surface area (Å²) in [6.45, 7) is 4.31. The van der Waals surface area contributed by atoms with Crippen LogP contribution in [0.5, 0.6) is 0 Å². The molecule has 0 heteroatoms. The zero-order valence-electron chi connectivity index (χ0n) is 11.2. The van der Waals surface area contributed by atoms with Crippen molar-refractivity contribution in [2.75, 3.05) is 0 Å². The van der Waals surface area contributed by atoms with Crippen LogP contribution in [-0.2, 0) is 0 Å². The van der Waals surface area contributed by atoms with E-state index in [0.717, 1.165) is 12.8 Å².